The van der Waals surface area contributed by atoms with Crippen molar-refractivity contribution >= 4 is 17.6 Å². The molecule has 0 fully saturated rings. The summed E-state index contributed by atoms with van der Waals surface area (Å²) in [7, 11) is 0. The minimum absolute atomic E-state index is 0.115. The Bertz CT molecular complexity index is 1000. The molecule has 0 aliphatic rings. The topological polar surface area (TPSA) is 90.4 Å². The summed E-state index contributed by atoms with van der Waals surface area (Å²) >= 11 is 5.84. The molecule has 2 aromatic rings. The molecule has 0 spiro atoms. The Kier molecular flexibility index (Phi) is 7.65. The number of nitrogens with one attached hydrogen (secondary N) is 1. The molecule has 0 bridgehead atoms. The molecule has 0 saturated heterocycles. The van der Waals surface area contributed by atoms with Crippen molar-refractivity contribution in [3.05, 3.63) is 55.6 Å². The molecule has 0 unspecified atom stereocenters. The summed E-state index contributed by atoms with van der Waals surface area (Å²) in [4.78, 5) is 37.1. The first-order chi connectivity index (χ1) is 14.0. The van der Waals surface area contributed by atoms with Crippen LogP contribution in [0.5, 0.6) is 5.75 Å². The fraction of sp³-hybridized carbons (Fsp3) is 0.389. The first-order valence-corrected chi connectivity index (χ1v) is 9.13. The molecule has 2 rings (SSSR count). The number of aromatic nitrogens is 2. The number of carbonyl (C=O) groups excluding carboxylic acids is 1. The molecular weight excluding hydrogens is 436 g/mol. The molecule has 0 radical (unpaired) electrons. The van der Waals surface area contributed by atoms with Crippen molar-refractivity contribution in [2.75, 3.05) is 13.2 Å². The zero-order valence-corrected chi connectivity index (χ0v) is 16.4. The fourth-order valence-electron chi connectivity index (χ4n) is 2.39. The standard InChI is InChI=1S/C18H17ClF4N2O5/c1-2-3-4-5-29-16(27)9-30-13-7-12(11(20)6-10(13)19)25-15(26)8-14(18(21,22)23)24-17(25)28/h6-8H,2-5,9H2,1H3,(H,24,28). The molecule has 0 aliphatic heterocycles. The number of unbranched alkanes of at least 4 members (excludes halogenated alkanes) is 2. The number of halogens is 5. The summed E-state index contributed by atoms with van der Waals surface area (Å²) in [5.41, 5.74) is -5.22. The van der Waals surface area contributed by atoms with E-state index >= 15 is 0 Å². The Morgan fingerprint density at radius 1 is 1.20 bits per heavy atom. The van der Waals surface area contributed by atoms with E-state index in [1.807, 2.05) is 6.92 Å². The zero-order chi connectivity index (χ0) is 22.5. The van der Waals surface area contributed by atoms with Crippen molar-refractivity contribution in [1.82, 2.24) is 9.55 Å². The average Bonchev–Trinajstić information content (AvgIpc) is 2.64. The van der Waals surface area contributed by atoms with Crippen molar-refractivity contribution in [2.45, 2.75) is 32.4 Å². The summed E-state index contributed by atoms with van der Waals surface area (Å²) in [5, 5.41) is -0.286. The Morgan fingerprint density at radius 3 is 2.50 bits per heavy atom. The van der Waals surface area contributed by atoms with Crippen molar-refractivity contribution in [3.63, 3.8) is 0 Å². The number of carbonyl (C=O) groups is 1. The highest BCUT2D eigenvalue weighted by atomic mass is 35.5. The maximum atomic E-state index is 14.3. The van der Waals surface area contributed by atoms with Gasteiger partial charge < -0.3 is 14.5 Å². The van der Waals surface area contributed by atoms with E-state index in [4.69, 9.17) is 21.1 Å². The fourth-order valence-corrected chi connectivity index (χ4v) is 2.60. The van der Waals surface area contributed by atoms with Gasteiger partial charge in [0.2, 0.25) is 0 Å². The summed E-state index contributed by atoms with van der Waals surface area (Å²) in [6, 6.07) is 1.64. The van der Waals surface area contributed by atoms with Crippen LogP contribution in [0, 0.1) is 5.82 Å². The van der Waals surface area contributed by atoms with Crippen LogP contribution in [0.25, 0.3) is 5.69 Å². The lowest BCUT2D eigenvalue weighted by Crippen LogP contribution is -2.36. The molecule has 0 amide bonds. The third-order valence-corrected chi connectivity index (χ3v) is 4.13. The van der Waals surface area contributed by atoms with E-state index in [-0.39, 0.29) is 28.0 Å². The van der Waals surface area contributed by atoms with Crippen LogP contribution in [0.15, 0.2) is 27.8 Å². The number of H-pyrrole nitrogens is 1. The van der Waals surface area contributed by atoms with Crippen molar-refractivity contribution in [1.29, 1.82) is 0 Å². The highest BCUT2D eigenvalue weighted by Gasteiger charge is 2.33. The van der Waals surface area contributed by atoms with Crippen molar-refractivity contribution < 1.29 is 31.8 Å². The van der Waals surface area contributed by atoms with Gasteiger partial charge in [0.1, 0.15) is 17.3 Å². The maximum Gasteiger partial charge on any atom is 0.431 e. The SMILES string of the molecule is CCCCCOC(=O)COc1cc(-n2c(=O)cc(C(F)(F)F)[nH]c2=O)c(F)cc1Cl. The van der Waals surface area contributed by atoms with Crippen LogP contribution in [0.1, 0.15) is 31.9 Å². The Morgan fingerprint density at radius 2 is 1.90 bits per heavy atom. The highest BCUT2D eigenvalue weighted by Crippen LogP contribution is 2.29. The predicted molar refractivity (Wildman–Crippen MR) is 98.6 cm³/mol. The molecule has 1 aromatic heterocycles. The van der Waals surface area contributed by atoms with Crippen LogP contribution < -0.4 is 16.0 Å². The summed E-state index contributed by atoms with van der Waals surface area (Å²) in [6.07, 6.45) is -2.49. The van der Waals surface area contributed by atoms with Crippen LogP contribution in [0.2, 0.25) is 5.02 Å². The molecular formula is C18H17ClF4N2O5. The number of aromatic amines is 1. The lowest BCUT2D eigenvalue weighted by Gasteiger charge is -2.13. The lowest BCUT2D eigenvalue weighted by molar-refractivity contribution is -0.146. The number of esters is 1. The number of hydrogen-bond donors (Lipinski definition) is 1. The number of rotatable bonds is 8. The van der Waals surface area contributed by atoms with Gasteiger partial charge in [-0.15, -0.1) is 0 Å². The summed E-state index contributed by atoms with van der Waals surface area (Å²) in [5.74, 6) is -2.16. The van der Waals surface area contributed by atoms with E-state index in [9.17, 15) is 31.9 Å². The Hall–Kier alpha value is -2.82. The third kappa shape index (κ3) is 5.85. The maximum absolute atomic E-state index is 14.3. The van der Waals surface area contributed by atoms with E-state index < -0.39 is 47.2 Å². The predicted octanol–water partition coefficient (Wildman–Crippen LogP) is 3.45. The number of hydrogen-bond acceptors (Lipinski definition) is 5. The second kappa shape index (κ2) is 9.79. The molecule has 0 aliphatic carbocycles. The van der Waals surface area contributed by atoms with Crippen LogP contribution in [0.3, 0.4) is 0 Å². The van der Waals surface area contributed by atoms with E-state index in [2.05, 4.69) is 0 Å². The van der Waals surface area contributed by atoms with Gasteiger partial charge in [-0.3, -0.25) is 4.79 Å². The Labute approximate surface area is 172 Å². The average molecular weight is 453 g/mol. The second-order valence-electron chi connectivity index (χ2n) is 6.11. The van der Waals surface area contributed by atoms with Gasteiger partial charge in [0, 0.05) is 12.1 Å². The first-order valence-electron chi connectivity index (χ1n) is 8.76. The van der Waals surface area contributed by atoms with E-state index in [0.29, 0.717) is 12.5 Å². The van der Waals surface area contributed by atoms with E-state index in [0.717, 1.165) is 18.9 Å². The van der Waals surface area contributed by atoms with Gasteiger partial charge in [-0.1, -0.05) is 31.4 Å². The number of benzene rings is 1. The molecule has 1 heterocycles. The lowest BCUT2D eigenvalue weighted by atomic mass is 10.2. The highest BCUT2D eigenvalue weighted by molar-refractivity contribution is 6.32. The van der Waals surface area contributed by atoms with Gasteiger partial charge >= 0.3 is 17.8 Å². The molecule has 1 aromatic carbocycles. The Balaban J connectivity index is 2.29. The van der Waals surface area contributed by atoms with Crippen LogP contribution in [-0.4, -0.2) is 28.7 Å². The van der Waals surface area contributed by atoms with Gasteiger partial charge in [-0.05, 0) is 12.5 Å². The number of alkyl halides is 3. The van der Waals surface area contributed by atoms with E-state index in [1.165, 1.54) is 4.98 Å². The molecule has 0 atom stereocenters. The molecule has 164 valence electrons. The van der Waals surface area contributed by atoms with Gasteiger partial charge in [-0.2, -0.15) is 13.2 Å². The monoisotopic (exact) mass is 452 g/mol. The van der Waals surface area contributed by atoms with Crippen LogP contribution in [0.4, 0.5) is 17.6 Å². The smallest absolute Gasteiger partial charge is 0.431 e. The quantitative estimate of drug-likeness (QED) is 0.376. The second-order valence-corrected chi connectivity index (χ2v) is 6.52. The van der Waals surface area contributed by atoms with Gasteiger partial charge in [-0.25, -0.2) is 18.5 Å². The molecule has 1 N–H and O–H groups in total. The van der Waals surface area contributed by atoms with E-state index in [1.54, 1.807) is 0 Å². The van der Waals surface area contributed by atoms with Gasteiger partial charge in [0.25, 0.3) is 5.56 Å². The van der Waals surface area contributed by atoms with Crippen LogP contribution >= 0.6 is 11.6 Å². The molecule has 0 saturated carbocycles. The zero-order valence-electron chi connectivity index (χ0n) is 15.6. The van der Waals surface area contributed by atoms with Gasteiger partial charge in [0.15, 0.2) is 6.61 Å². The van der Waals surface area contributed by atoms with Crippen molar-refractivity contribution in [2.24, 2.45) is 0 Å². The third-order valence-electron chi connectivity index (χ3n) is 3.84. The minimum atomic E-state index is -4.97. The van der Waals surface area contributed by atoms with Crippen molar-refractivity contribution in [3.8, 4) is 11.4 Å². The first kappa shape index (κ1) is 23.5. The summed E-state index contributed by atoms with van der Waals surface area (Å²) < 4.78 is 62.6. The summed E-state index contributed by atoms with van der Waals surface area (Å²) in [6.45, 7) is 1.58. The molecule has 7 nitrogen and oxygen atoms in total. The largest absolute Gasteiger partial charge is 0.480 e. The van der Waals surface area contributed by atoms with Crippen LogP contribution in [-0.2, 0) is 15.7 Å². The molecule has 12 heteroatoms. The number of ether oxygens (including phenoxy) is 2. The normalized spacial score (nSPS) is 11.4. The number of nitrogens with zero attached hydrogens (tertiary/aromatic N) is 1. The molecule has 30 heavy (non-hydrogen) atoms. The van der Waals surface area contributed by atoms with Gasteiger partial charge in [0.05, 0.1) is 17.3 Å². The minimum Gasteiger partial charge on any atom is -0.480 e.